The van der Waals surface area contributed by atoms with Crippen molar-refractivity contribution in [2.75, 3.05) is 11.1 Å². The van der Waals surface area contributed by atoms with E-state index in [4.69, 9.17) is 0 Å². The molecule has 98 valence electrons. The molecule has 0 aliphatic heterocycles. The van der Waals surface area contributed by atoms with Gasteiger partial charge in [-0.15, -0.1) is 11.8 Å². The second kappa shape index (κ2) is 6.28. The van der Waals surface area contributed by atoms with E-state index in [2.05, 4.69) is 18.3 Å². The molecular formula is C15H21NOS. The average molecular weight is 263 g/mol. The molecule has 2 nitrogen and oxygen atoms in total. The third-order valence-electron chi connectivity index (χ3n) is 3.41. The van der Waals surface area contributed by atoms with Crippen LogP contribution in [0.3, 0.4) is 0 Å². The third-order valence-corrected chi connectivity index (χ3v) is 4.78. The summed E-state index contributed by atoms with van der Waals surface area (Å²) in [5.74, 6) is 0.705. The Hall–Kier alpha value is -0.960. The van der Waals surface area contributed by atoms with Crippen molar-refractivity contribution in [1.82, 2.24) is 0 Å². The molecule has 0 heterocycles. The molecular weight excluding hydrogens is 242 g/mol. The molecule has 1 aromatic carbocycles. The van der Waals surface area contributed by atoms with Gasteiger partial charge in [0.25, 0.3) is 0 Å². The van der Waals surface area contributed by atoms with Gasteiger partial charge in [-0.25, -0.2) is 0 Å². The topological polar surface area (TPSA) is 29.1 Å². The van der Waals surface area contributed by atoms with E-state index in [1.807, 2.05) is 30.8 Å². The van der Waals surface area contributed by atoms with Gasteiger partial charge in [0.05, 0.1) is 5.75 Å². The van der Waals surface area contributed by atoms with Gasteiger partial charge in [-0.3, -0.25) is 4.79 Å². The van der Waals surface area contributed by atoms with Gasteiger partial charge in [0.1, 0.15) is 0 Å². The van der Waals surface area contributed by atoms with Gasteiger partial charge >= 0.3 is 0 Å². The first-order valence-electron chi connectivity index (χ1n) is 6.64. The number of thioether (sulfide) groups is 1. The number of amides is 1. The van der Waals surface area contributed by atoms with Crippen LogP contribution >= 0.6 is 11.8 Å². The third kappa shape index (κ3) is 3.77. The van der Waals surface area contributed by atoms with E-state index in [1.54, 1.807) is 0 Å². The number of carbonyl (C=O) groups is 1. The minimum Gasteiger partial charge on any atom is -0.325 e. The van der Waals surface area contributed by atoms with Crippen LogP contribution in [-0.2, 0) is 4.79 Å². The van der Waals surface area contributed by atoms with Crippen LogP contribution in [0.25, 0.3) is 0 Å². The van der Waals surface area contributed by atoms with E-state index in [0.717, 1.165) is 11.3 Å². The predicted molar refractivity (Wildman–Crippen MR) is 79.3 cm³/mol. The SMILES string of the molecule is Cc1ccc(NC(=O)CSC2CCCC2)c(C)c1. The largest absolute Gasteiger partial charge is 0.325 e. The van der Waals surface area contributed by atoms with Crippen LogP contribution in [0.2, 0.25) is 0 Å². The predicted octanol–water partition coefficient (Wildman–Crippen LogP) is 3.92. The molecule has 1 aliphatic carbocycles. The lowest BCUT2D eigenvalue weighted by molar-refractivity contribution is -0.113. The fraction of sp³-hybridized carbons (Fsp3) is 0.533. The van der Waals surface area contributed by atoms with Gasteiger partial charge in [-0.2, -0.15) is 0 Å². The standard InChI is InChI=1S/C15H21NOS/c1-11-7-8-14(12(2)9-11)16-15(17)10-18-13-5-3-4-6-13/h7-9,13H,3-6,10H2,1-2H3,(H,16,17). The van der Waals surface area contributed by atoms with Crippen LogP contribution in [0.4, 0.5) is 5.69 Å². The Kier molecular flexibility index (Phi) is 4.70. The summed E-state index contributed by atoms with van der Waals surface area (Å²) in [6, 6.07) is 6.12. The normalized spacial score (nSPS) is 15.9. The summed E-state index contributed by atoms with van der Waals surface area (Å²) in [5.41, 5.74) is 3.30. The Morgan fingerprint density at radius 3 is 2.72 bits per heavy atom. The fourth-order valence-corrected chi connectivity index (χ4v) is 3.51. The van der Waals surface area contributed by atoms with Crippen LogP contribution in [0.1, 0.15) is 36.8 Å². The number of benzene rings is 1. The van der Waals surface area contributed by atoms with Crippen LogP contribution in [-0.4, -0.2) is 16.9 Å². The number of hydrogen-bond acceptors (Lipinski definition) is 2. The molecule has 0 unspecified atom stereocenters. The van der Waals surface area contributed by atoms with Crippen molar-refractivity contribution in [3.63, 3.8) is 0 Å². The molecule has 1 aliphatic rings. The van der Waals surface area contributed by atoms with Crippen molar-refractivity contribution in [3.8, 4) is 0 Å². The first-order valence-corrected chi connectivity index (χ1v) is 7.69. The molecule has 3 heteroatoms. The van der Waals surface area contributed by atoms with Crippen LogP contribution in [0.15, 0.2) is 18.2 Å². The van der Waals surface area contributed by atoms with E-state index >= 15 is 0 Å². The molecule has 18 heavy (non-hydrogen) atoms. The van der Waals surface area contributed by atoms with Gasteiger partial charge in [0, 0.05) is 10.9 Å². The Bertz CT molecular complexity index is 425. The number of nitrogens with one attached hydrogen (secondary N) is 1. The first kappa shape index (κ1) is 13.5. The highest BCUT2D eigenvalue weighted by Crippen LogP contribution is 2.29. The maximum atomic E-state index is 11.9. The van der Waals surface area contributed by atoms with E-state index in [9.17, 15) is 4.79 Å². The summed E-state index contributed by atoms with van der Waals surface area (Å²) in [7, 11) is 0. The summed E-state index contributed by atoms with van der Waals surface area (Å²) in [6.45, 7) is 4.10. The molecule has 0 radical (unpaired) electrons. The van der Waals surface area contributed by atoms with E-state index in [1.165, 1.54) is 31.2 Å². The quantitative estimate of drug-likeness (QED) is 0.892. The summed E-state index contributed by atoms with van der Waals surface area (Å²) in [6.07, 6.45) is 5.22. The number of hydrogen-bond donors (Lipinski definition) is 1. The smallest absolute Gasteiger partial charge is 0.234 e. The number of carbonyl (C=O) groups excluding carboxylic acids is 1. The second-order valence-corrected chi connectivity index (χ2v) is 6.37. The van der Waals surface area contributed by atoms with Crippen LogP contribution < -0.4 is 5.32 Å². The van der Waals surface area contributed by atoms with Crippen molar-refractivity contribution < 1.29 is 4.79 Å². The average Bonchev–Trinajstić information content (AvgIpc) is 2.83. The lowest BCUT2D eigenvalue weighted by Crippen LogP contribution is -2.16. The number of aryl methyl sites for hydroxylation is 2. The zero-order valence-corrected chi connectivity index (χ0v) is 12.0. The van der Waals surface area contributed by atoms with Gasteiger partial charge in [-0.1, -0.05) is 30.5 Å². The fourth-order valence-electron chi connectivity index (χ4n) is 2.39. The maximum absolute atomic E-state index is 11.9. The highest BCUT2D eigenvalue weighted by atomic mass is 32.2. The monoisotopic (exact) mass is 263 g/mol. The molecule has 0 bridgehead atoms. The van der Waals surface area contributed by atoms with Crippen molar-refractivity contribution in [1.29, 1.82) is 0 Å². The van der Waals surface area contributed by atoms with Crippen molar-refractivity contribution in [2.24, 2.45) is 0 Å². The lowest BCUT2D eigenvalue weighted by atomic mass is 10.1. The molecule has 1 saturated carbocycles. The van der Waals surface area contributed by atoms with Gasteiger partial charge < -0.3 is 5.32 Å². The van der Waals surface area contributed by atoms with Crippen molar-refractivity contribution in [3.05, 3.63) is 29.3 Å². The maximum Gasteiger partial charge on any atom is 0.234 e. The Balaban J connectivity index is 1.82. The summed E-state index contributed by atoms with van der Waals surface area (Å²) < 4.78 is 0. The van der Waals surface area contributed by atoms with E-state index < -0.39 is 0 Å². The number of anilines is 1. The van der Waals surface area contributed by atoms with Crippen molar-refractivity contribution >= 4 is 23.4 Å². The molecule has 0 aromatic heterocycles. The highest BCUT2D eigenvalue weighted by molar-refractivity contribution is 8.00. The molecule has 0 atom stereocenters. The summed E-state index contributed by atoms with van der Waals surface area (Å²) in [4.78, 5) is 11.9. The minimum atomic E-state index is 0.124. The van der Waals surface area contributed by atoms with Gasteiger partial charge in [0.15, 0.2) is 0 Å². The van der Waals surface area contributed by atoms with Crippen LogP contribution in [0.5, 0.6) is 0 Å². The summed E-state index contributed by atoms with van der Waals surface area (Å²) >= 11 is 1.81. The zero-order valence-electron chi connectivity index (χ0n) is 11.2. The van der Waals surface area contributed by atoms with Gasteiger partial charge in [-0.05, 0) is 38.3 Å². The Labute approximate surface area is 114 Å². The molecule has 1 aromatic rings. The molecule has 1 fully saturated rings. The van der Waals surface area contributed by atoms with E-state index in [-0.39, 0.29) is 5.91 Å². The second-order valence-electron chi connectivity index (χ2n) is 5.08. The van der Waals surface area contributed by atoms with E-state index in [0.29, 0.717) is 11.0 Å². The Morgan fingerprint density at radius 2 is 2.06 bits per heavy atom. The van der Waals surface area contributed by atoms with Crippen LogP contribution in [0, 0.1) is 13.8 Å². The Morgan fingerprint density at radius 1 is 1.33 bits per heavy atom. The number of rotatable bonds is 4. The van der Waals surface area contributed by atoms with Gasteiger partial charge in [0.2, 0.25) is 5.91 Å². The minimum absolute atomic E-state index is 0.124. The van der Waals surface area contributed by atoms with Crippen molar-refractivity contribution in [2.45, 2.75) is 44.8 Å². The molecule has 0 saturated heterocycles. The molecule has 1 amide bonds. The summed E-state index contributed by atoms with van der Waals surface area (Å²) in [5, 5.41) is 3.71. The lowest BCUT2D eigenvalue weighted by Gasteiger charge is -2.11. The molecule has 2 rings (SSSR count). The molecule has 0 spiro atoms. The molecule has 1 N–H and O–H groups in total. The highest BCUT2D eigenvalue weighted by Gasteiger charge is 2.16. The zero-order chi connectivity index (χ0) is 13.0. The first-order chi connectivity index (χ1) is 8.65.